The van der Waals surface area contributed by atoms with Crippen LogP contribution in [0.25, 0.3) is 10.9 Å². The average Bonchev–Trinajstić information content (AvgIpc) is 1.77. The number of hydrogen-bond donors (Lipinski definition) is 22. The molecule has 1 aliphatic rings. The van der Waals surface area contributed by atoms with E-state index in [0.29, 0.717) is 39.6 Å². The molecule has 0 bridgehead atoms. The van der Waals surface area contributed by atoms with Crippen LogP contribution in [0.15, 0.2) is 121 Å². The molecule has 1 aliphatic heterocycles. The molecule has 26 N–H and O–H groups in total. The summed E-state index contributed by atoms with van der Waals surface area (Å²) in [7, 11) is 1.49. The first kappa shape index (κ1) is 96.1. The molecule has 40 heteroatoms. The Bertz CT molecular complexity index is 4140. The van der Waals surface area contributed by atoms with Gasteiger partial charge in [-0.3, -0.25) is 67.1 Å². The van der Waals surface area contributed by atoms with Crippen molar-refractivity contribution in [2.75, 3.05) is 37.7 Å². The van der Waals surface area contributed by atoms with Gasteiger partial charge >= 0.3 is 25.4 Å². The molecule has 1 aromatic heterocycles. The van der Waals surface area contributed by atoms with Crippen molar-refractivity contribution in [1.29, 1.82) is 0 Å². The first-order valence-corrected chi connectivity index (χ1v) is 39.8. The zero-order chi connectivity index (χ0) is 84.3. The second kappa shape index (κ2) is 49.5. The summed E-state index contributed by atoms with van der Waals surface area (Å²) in [6, 6.07) is 9.57. The van der Waals surface area contributed by atoms with Crippen LogP contribution in [0.3, 0.4) is 0 Å². The molecule has 0 radical (unpaired) electrons. The largest absolute Gasteiger partial charge is 2.00 e. The number of aliphatic carboxylic acids is 1. The number of aliphatic hydroxyl groups excluding tert-OH is 3. The fourth-order valence-corrected chi connectivity index (χ4v) is 14.3. The minimum Gasteiger partial charge on any atom is -0.480 e. The molecule has 0 spiro atoms. The number of H-pyrrole nitrogens is 1. The third kappa shape index (κ3) is 31.6. The van der Waals surface area contributed by atoms with E-state index in [1.807, 2.05) is 0 Å². The molecule has 1 fully saturated rings. The van der Waals surface area contributed by atoms with Crippen LogP contribution < -0.4 is 92.1 Å². The summed E-state index contributed by atoms with van der Waals surface area (Å²) in [5.41, 5.74) is 25.6. The van der Waals surface area contributed by atoms with Crippen LogP contribution in [0.1, 0.15) is 88.0 Å². The Kier molecular flexibility index (Phi) is 41.0. The van der Waals surface area contributed by atoms with Crippen LogP contribution in [-0.2, 0) is 117 Å². The predicted molar refractivity (Wildman–Crippen MR) is 425 cm³/mol. The van der Waals surface area contributed by atoms with Gasteiger partial charge in [-0.25, -0.2) is 4.79 Å². The minimum atomic E-state index is -1.99. The van der Waals surface area contributed by atoms with Crippen molar-refractivity contribution in [2.24, 2.45) is 22.9 Å². The number of amides is 14. The number of aromatic amines is 1. The predicted octanol–water partition coefficient (Wildman–Crippen LogP) is -4.92. The first-order valence-electron chi connectivity index (χ1n) is 37.4. The number of aromatic nitrogens is 1. The third-order valence-corrected chi connectivity index (χ3v) is 20.7. The molecule has 0 aliphatic carbocycles. The Labute approximate surface area is 689 Å². The molecular formula is C76H104N18O19S2Zn+2. The van der Waals surface area contributed by atoms with E-state index in [4.69, 9.17) is 22.9 Å². The van der Waals surface area contributed by atoms with Crippen LogP contribution in [0, 0.1) is 0 Å². The van der Waals surface area contributed by atoms with Crippen LogP contribution >= 0.6 is 21.6 Å². The number of para-hydroxylation sites is 1. The zero-order valence-corrected chi connectivity index (χ0v) is 69.1. The molecule has 37 nitrogen and oxygen atoms in total. The van der Waals surface area contributed by atoms with Gasteiger partial charge in [0.15, 0.2) is 0 Å². The number of rotatable bonds is 26. The van der Waals surface area contributed by atoms with Gasteiger partial charge in [0.1, 0.15) is 72.5 Å². The number of nitrogens with one attached hydrogen (secondary N) is 14. The number of unbranched alkanes of at least 4 members (excludes halogenated alkanes) is 2. The quantitative estimate of drug-likeness (QED) is 0.0140. The zero-order valence-electron chi connectivity index (χ0n) is 64.5. The summed E-state index contributed by atoms with van der Waals surface area (Å²) in [5, 5.41) is 76.1. The van der Waals surface area contributed by atoms with Gasteiger partial charge in [-0.2, -0.15) is 0 Å². The molecule has 2 heterocycles. The number of nitrogens with two attached hydrogens (primary N) is 4. The Balaban J connectivity index is 0.0000240. The average molecular weight is 1700 g/mol. The number of primary amides is 1. The third-order valence-electron chi connectivity index (χ3n) is 18.3. The fourth-order valence-electron chi connectivity index (χ4n) is 11.9. The van der Waals surface area contributed by atoms with Gasteiger partial charge in [-0.05, 0) is 101 Å². The molecule has 116 heavy (non-hydrogen) atoms. The first-order chi connectivity index (χ1) is 54.9. The number of hydrogen-bond acceptors (Lipinski definition) is 23. The van der Waals surface area contributed by atoms with Crippen LogP contribution in [0.4, 0.5) is 0 Å². The summed E-state index contributed by atoms with van der Waals surface area (Å²) >= 11 is 0. The minimum absolute atomic E-state index is 0. The summed E-state index contributed by atoms with van der Waals surface area (Å²) in [5.74, 6) is -17.7. The molecule has 4 aromatic carbocycles. The van der Waals surface area contributed by atoms with Crippen molar-refractivity contribution in [3.8, 4) is 0 Å². The molecule has 5 aromatic rings. The van der Waals surface area contributed by atoms with Crippen molar-refractivity contribution in [2.45, 2.75) is 182 Å². The number of fused-ring (bicyclic) bond motifs is 1. The smallest absolute Gasteiger partial charge is 0.480 e. The Morgan fingerprint density at radius 1 is 0.474 bits per heavy atom. The van der Waals surface area contributed by atoms with E-state index in [1.165, 1.54) is 6.92 Å². The van der Waals surface area contributed by atoms with E-state index in [9.17, 15) is 78.0 Å². The van der Waals surface area contributed by atoms with Gasteiger partial charge in [0.2, 0.25) is 82.7 Å². The van der Waals surface area contributed by atoms with E-state index >= 15 is 14.4 Å². The molecule has 624 valence electrons. The standard InChI is InChI=1S/C76H104N18O19S2.Zn/c1-41(79)64(100)82-37-61(99)83-58-39-114-115-40-59(76(112)113)92-72(108)57(38-95)91-75(111)63(43(3)97)94-71(107)54(33-46-23-11-6-12-24-46)90-74(110)62(42(2)96)93-66(102)51(28-16-18-30-78)84-69(105)55(34-47-36-81-49-26-14-13-25-48(47)49)88-68(104)53(32-45-21-9-5-10-22-45)86-67(103)52(31-44-19-7-4-8-20-44)87-70(106)56(35-60(80)98)89-65(101)50(85-73(58)109)27-15-17-29-77;/h4-14,19-26,36,41-43,50-59,62-63,81,95-97H,15-18,27-35,37-40,77-79H2,1-3H3,(H2,80,98)(H,82,100)(H,83,99)(H,84,105)(H,85,109)(H,86,103)(H,87,106)(H,88,104)(H,89,101)(H,90,110)(H,91,111)(H,92,108)(H,93,102)(H,94,107)(H,112,113);/q;+2/t41-,42?,43?,50-,51-,52-,53-,54-,55-,56-,57-,58-,59-,62-,63-;/m0./s1. The number of aliphatic hydroxyl groups is 3. The molecule has 14 amide bonds. The van der Waals surface area contributed by atoms with E-state index < -0.39 is 210 Å². The number of carboxylic acid groups (broad SMARTS) is 1. The summed E-state index contributed by atoms with van der Waals surface area (Å²) in [6.07, 6.45) is -3.48. The van der Waals surface area contributed by atoms with Crippen molar-refractivity contribution in [3.63, 3.8) is 0 Å². The second-order valence-corrected chi connectivity index (χ2v) is 30.1. The fraction of sp³-hybridized carbons (Fsp3) is 0.461. The van der Waals surface area contributed by atoms with Gasteiger partial charge in [0, 0.05) is 54.3 Å². The van der Waals surface area contributed by atoms with Crippen LogP contribution in [0.5, 0.6) is 0 Å². The van der Waals surface area contributed by atoms with Gasteiger partial charge in [0.25, 0.3) is 0 Å². The molecule has 6 rings (SSSR count). The number of carbonyl (C=O) groups excluding carboxylic acids is 14. The SMILES string of the molecule is CC(O)[C@@H]1NC(=O)[C@H](Cc2ccccc2)NC(=O)[C@H](C(C)O)NC(=O)[C@H](CCCCN)NC(=O)[C@H](Cc2c[nH]c3ccccc23)NC(=O)[C@H](Cc2ccccc2)NC(=O)[C@H](Cc2ccccc2)NC(=O)[C@H](CC(N)=O)NC(=O)[C@H](CCCCN)NC(=O)[C@@H](NC(=O)CNC(=O)[C@H](C)N)CSSC[C@@H](C(=O)O)NC(=O)[C@H](CO)NC1=O.[Zn+2]. The summed E-state index contributed by atoms with van der Waals surface area (Å²) in [4.78, 5) is 217. The van der Waals surface area contributed by atoms with Crippen molar-refractivity contribution in [1.82, 2.24) is 74.1 Å². The van der Waals surface area contributed by atoms with Crippen molar-refractivity contribution in [3.05, 3.63) is 144 Å². The molecular weight excluding hydrogens is 1600 g/mol. The van der Waals surface area contributed by atoms with Crippen molar-refractivity contribution >= 4 is 121 Å². The Morgan fingerprint density at radius 2 is 0.853 bits per heavy atom. The Morgan fingerprint density at radius 3 is 1.30 bits per heavy atom. The maximum absolute atomic E-state index is 15.4. The second-order valence-electron chi connectivity index (χ2n) is 27.6. The maximum Gasteiger partial charge on any atom is 2.00 e. The van der Waals surface area contributed by atoms with E-state index in [-0.39, 0.29) is 90.4 Å². The normalized spacial score (nSPS) is 23.5. The molecule has 1 saturated heterocycles. The number of benzene rings is 4. The van der Waals surface area contributed by atoms with Crippen LogP contribution in [-0.4, -0.2) is 243 Å². The van der Waals surface area contributed by atoms with Gasteiger partial charge < -0.3 is 117 Å². The van der Waals surface area contributed by atoms with E-state index in [1.54, 1.807) is 121 Å². The monoisotopic (exact) mass is 1700 g/mol. The summed E-state index contributed by atoms with van der Waals surface area (Å²) < 4.78 is 0. The van der Waals surface area contributed by atoms with E-state index in [2.05, 4.69) is 74.1 Å². The van der Waals surface area contributed by atoms with E-state index in [0.717, 1.165) is 35.4 Å². The van der Waals surface area contributed by atoms with Gasteiger partial charge in [-0.15, -0.1) is 0 Å². The molecule has 0 saturated carbocycles. The topological polar surface area (TPSA) is 613 Å². The maximum atomic E-state index is 15.4. The summed E-state index contributed by atoms with van der Waals surface area (Å²) in [6.45, 7) is 1.88. The van der Waals surface area contributed by atoms with Crippen LogP contribution in [0.2, 0.25) is 0 Å². The Hall–Kier alpha value is -10.4. The van der Waals surface area contributed by atoms with Crippen molar-refractivity contribution < 1.29 is 112 Å². The number of carboxylic acids is 1. The van der Waals surface area contributed by atoms with Gasteiger partial charge in [0.05, 0.1) is 37.8 Å². The molecule has 15 atom stereocenters. The molecule has 2 unspecified atom stereocenters. The van der Waals surface area contributed by atoms with Gasteiger partial charge in [-0.1, -0.05) is 131 Å². The number of carbonyl (C=O) groups is 15.